The summed E-state index contributed by atoms with van der Waals surface area (Å²) in [6, 6.07) is 9.99. The molecule has 1 aromatic rings. The second-order valence-electron chi connectivity index (χ2n) is 3.54. The van der Waals surface area contributed by atoms with Gasteiger partial charge in [0.25, 0.3) is 0 Å². The number of nitrogens with zero attached hydrogens (tertiary/aromatic N) is 1. The van der Waals surface area contributed by atoms with Gasteiger partial charge in [0.2, 0.25) is 5.91 Å². The van der Waals surface area contributed by atoms with Gasteiger partial charge < -0.3 is 4.90 Å². The maximum absolute atomic E-state index is 11.5. The van der Waals surface area contributed by atoms with E-state index in [9.17, 15) is 4.79 Å². The molecule has 15 heavy (non-hydrogen) atoms. The van der Waals surface area contributed by atoms with E-state index in [0.29, 0.717) is 13.1 Å². The van der Waals surface area contributed by atoms with Crippen molar-refractivity contribution in [2.24, 2.45) is 0 Å². The zero-order valence-electron chi connectivity index (χ0n) is 8.52. The highest BCUT2D eigenvalue weighted by molar-refractivity contribution is 6.00. The van der Waals surface area contributed by atoms with E-state index in [4.69, 9.17) is 0 Å². The van der Waals surface area contributed by atoms with Crippen LogP contribution in [0, 0.1) is 0 Å². The van der Waals surface area contributed by atoms with Crippen molar-refractivity contribution in [2.45, 2.75) is 0 Å². The Balaban J connectivity index is 2.18. The van der Waals surface area contributed by atoms with Gasteiger partial charge in [-0.05, 0) is 11.1 Å². The van der Waals surface area contributed by atoms with Crippen LogP contribution in [0.2, 0.25) is 0 Å². The van der Waals surface area contributed by atoms with Gasteiger partial charge in [0.05, 0.1) is 0 Å². The van der Waals surface area contributed by atoms with E-state index in [1.807, 2.05) is 30.3 Å². The molecule has 0 fully saturated rings. The normalized spacial score (nSPS) is 15.3. The highest BCUT2D eigenvalue weighted by atomic mass is 16.2. The average Bonchev–Trinajstić information content (AvgIpc) is 2.63. The van der Waals surface area contributed by atoms with Gasteiger partial charge in [-0.3, -0.25) is 4.79 Å². The number of rotatable bonds is 3. The van der Waals surface area contributed by atoms with Gasteiger partial charge in [-0.25, -0.2) is 0 Å². The summed E-state index contributed by atoms with van der Waals surface area (Å²) in [6.07, 6.45) is 3.46. The second kappa shape index (κ2) is 4.13. The highest BCUT2D eigenvalue weighted by Crippen LogP contribution is 2.21. The van der Waals surface area contributed by atoms with E-state index in [1.54, 1.807) is 17.1 Å². The first-order valence-electron chi connectivity index (χ1n) is 4.97. The summed E-state index contributed by atoms with van der Waals surface area (Å²) >= 11 is 0. The predicted molar refractivity (Wildman–Crippen MR) is 61.2 cm³/mol. The maximum atomic E-state index is 11.5. The van der Waals surface area contributed by atoms with Crippen molar-refractivity contribution in [3.8, 4) is 0 Å². The summed E-state index contributed by atoms with van der Waals surface area (Å²) in [5.74, 6) is 0.0775. The SMILES string of the molecule is C=CCN1CC(c2ccccc2)=CC1=O. The third-order valence-electron chi connectivity index (χ3n) is 2.46. The molecule has 1 amide bonds. The molecule has 1 aliphatic heterocycles. The first-order valence-corrected chi connectivity index (χ1v) is 4.97. The Kier molecular flexibility index (Phi) is 2.68. The zero-order valence-corrected chi connectivity index (χ0v) is 8.52. The molecule has 0 saturated heterocycles. The number of carbonyl (C=O) groups excluding carboxylic acids is 1. The lowest BCUT2D eigenvalue weighted by molar-refractivity contribution is -0.124. The minimum atomic E-state index is 0.0775. The number of hydrogen-bond acceptors (Lipinski definition) is 1. The van der Waals surface area contributed by atoms with Crippen LogP contribution in [0.4, 0.5) is 0 Å². The molecule has 2 nitrogen and oxygen atoms in total. The fourth-order valence-electron chi connectivity index (χ4n) is 1.71. The Bertz CT molecular complexity index is 406. The molecule has 0 spiro atoms. The van der Waals surface area contributed by atoms with Crippen LogP contribution in [-0.4, -0.2) is 23.9 Å². The Morgan fingerprint density at radius 1 is 1.33 bits per heavy atom. The van der Waals surface area contributed by atoms with Gasteiger partial charge in [-0.1, -0.05) is 36.4 Å². The van der Waals surface area contributed by atoms with E-state index in [1.165, 1.54) is 0 Å². The Labute approximate surface area is 89.5 Å². The number of carbonyl (C=O) groups is 1. The molecule has 0 unspecified atom stereocenters. The molecule has 0 radical (unpaired) electrons. The molecule has 1 heterocycles. The van der Waals surface area contributed by atoms with Crippen LogP contribution in [0.5, 0.6) is 0 Å². The van der Waals surface area contributed by atoms with Crippen molar-refractivity contribution in [2.75, 3.05) is 13.1 Å². The lowest BCUT2D eigenvalue weighted by Gasteiger charge is -2.13. The number of hydrogen-bond donors (Lipinski definition) is 0. The standard InChI is InChI=1S/C13H13NO/c1-2-8-14-10-12(9-13(14)15)11-6-4-3-5-7-11/h2-7,9H,1,8,10H2. The quantitative estimate of drug-likeness (QED) is 0.683. The lowest BCUT2D eigenvalue weighted by atomic mass is 10.1. The van der Waals surface area contributed by atoms with E-state index < -0.39 is 0 Å². The van der Waals surface area contributed by atoms with Crippen LogP contribution in [0.3, 0.4) is 0 Å². The molecule has 76 valence electrons. The topological polar surface area (TPSA) is 20.3 Å². The monoisotopic (exact) mass is 199 g/mol. The summed E-state index contributed by atoms with van der Waals surface area (Å²) in [5.41, 5.74) is 2.21. The summed E-state index contributed by atoms with van der Waals surface area (Å²) in [7, 11) is 0. The molecule has 0 aliphatic carbocycles. The predicted octanol–water partition coefficient (Wildman–Crippen LogP) is 2.10. The van der Waals surface area contributed by atoms with Gasteiger partial charge >= 0.3 is 0 Å². The van der Waals surface area contributed by atoms with Crippen LogP contribution >= 0.6 is 0 Å². The number of amides is 1. The molecule has 1 aromatic carbocycles. The van der Waals surface area contributed by atoms with Crippen molar-refractivity contribution >= 4 is 11.5 Å². The van der Waals surface area contributed by atoms with Gasteiger partial charge in [0.1, 0.15) is 0 Å². The van der Waals surface area contributed by atoms with Crippen LogP contribution in [-0.2, 0) is 4.79 Å². The molecule has 0 atom stereocenters. The van der Waals surface area contributed by atoms with Crippen LogP contribution in [0.25, 0.3) is 5.57 Å². The van der Waals surface area contributed by atoms with Gasteiger partial charge in [-0.15, -0.1) is 6.58 Å². The van der Waals surface area contributed by atoms with Crippen molar-refractivity contribution in [1.29, 1.82) is 0 Å². The smallest absolute Gasteiger partial charge is 0.247 e. The van der Waals surface area contributed by atoms with Crippen LogP contribution in [0.1, 0.15) is 5.56 Å². The molecule has 0 bridgehead atoms. The molecular weight excluding hydrogens is 186 g/mol. The zero-order chi connectivity index (χ0) is 10.7. The van der Waals surface area contributed by atoms with Crippen molar-refractivity contribution in [1.82, 2.24) is 4.90 Å². The van der Waals surface area contributed by atoms with Crippen molar-refractivity contribution in [3.63, 3.8) is 0 Å². The fourth-order valence-corrected chi connectivity index (χ4v) is 1.71. The molecule has 0 aromatic heterocycles. The summed E-state index contributed by atoms with van der Waals surface area (Å²) in [6.45, 7) is 4.95. The van der Waals surface area contributed by atoms with E-state index in [-0.39, 0.29) is 5.91 Å². The Hall–Kier alpha value is -1.83. The minimum absolute atomic E-state index is 0.0775. The van der Waals surface area contributed by atoms with Crippen LogP contribution in [0.15, 0.2) is 49.1 Å². The summed E-state index contributed by atoms with van der Waals surface area (Å²) in [5, 5.41) is 0. The molecule has 1 aliphatic rings. The van der Waals surface area contributed by atoms with E-state index in [2.05, 4.69) is 6.58 Å². The molecular formula is C13H13NO. The maximum Gasteiger partial charge on any atom is 0.247 e. The first kappa shape index (κ1) is 9.71. The van der Waals surface area contributed by atoms with Crippen molar-refractivity contribution < 1.29 is 4.79 Å². The Morgan fingerprint density at radius 3 is 2.73 bits per heavy atom. The van der Waals surface area contributed by atoms with Crippen LogP contribution < -0.4 is 0 Å². The second-order valence-corrected chi connectivity index (χ2v) is 3.54. The fraction of sp³-hybridized carbons (Fsp3) is 0.154. The molecule has 2 heteroatoms. The van der Waals surface area contributed by atoms with Gasteiger partial charge in [-0.2, -0.15) is 0 Å². The third-order valence-corrected chi connectivity index (χ3v) is 2.46. The largest absolute Gasteiger partial charge is 0.331 e. The highest BCUT2D eigenvalue weighted by Gasteiger charge is 2.20. The Morgan fingerprint density at radius 2 is 2.07 bits per heavy atom. The first-order chi connectivity index (χ1) is 7.31. The molecule has 2 rings (SSSR count). The van der Waals surface area contributed by atoms with Crippen molar-refractivity contribution in [3.05, 3.63) is 54.6 Å². The van der Waals surface area contributed by atoms with E-state index >= 15 is 0 Å². The molecule has 0 saturated carbocycles. The van der Waals surface area contributed by atoms with Gasteiger partial charge in [0, 0.05) is 19.2 Å². The van der Waals surface area contributed by atoms with Gasteiger partial charge in [0.15, 0.2) is 0 Å². The summed E-state index contributed by atoms with van der Waals surface area (Å²) < 4.78 is 0. The average molecular weight is 199 g/mol. The minimum Gasteiger partial charge on any atom is -0.331 e. The third kappa shape index (κ3) is 1.99. The molecule has 0 N–H and O–H groups in total. The number of benzene rings is 1. The van der Waals surface area contributed by atoms with E-state index in [0.717, 1.165) is 11.1 Å². The summed E-state index contributed by atoms with van der Waals surface area (Å²) in [4.78, 5) is 13.3. The lowest BCUT2D eigenvalue weighted by Crippen LogP contribution is -2.25.